The van der Waals surface area contributed by atoms with Crippen molar-refractivity contribution in [2.24, 2.45) is 0 Å². The Hall–Kier alpha value is -3.22. The van der Waals surface area contributed by atoms with E-state index in [-0.39, 0.29) is 5.91 Å². The highest BCUT2D eigenvalue weighted by molar-refractivity contribution is 5.91. The first-order valence-corrected chi connectivity index (χ1v) is 10.9. The third-order valence-corrected chi connectivity index (χ3v) is 4.67. The van der Waals surface area contributed by atoms with Crippen molar-refractivity contribution in [3.63, 3.8) is 0 Å². The van der Waals surface area contributed by atoms with Crippen LogP contribution in [-0.4, -0.2) is 40.3 Å². The smallest absolute Gasteiger partial charge is 0.289 e. The molecule has 0 atom stereocenters. The van der Waals surface area contributed by atoms with E-state index in [1.165, 1.54) is 0 Å². The first-order valence-electron chi connectivity index (χ1n) is 10.9. The molecule has 0 fully saturated rings. The minimum Gasteiger partial charge on any atom is -0.490 e. The maximum atomic E-state index is 13.1. The number of rotatable bonds is 12. The quantitative estimate of drug-likeness (QED) is 0.418. The Balaban J connectivity index is 1.73. The molecule has 0 aliphatic rings. The van der Waals surface area contributed by atoms with Gasteiger partial charge in [-0.25, -0.2) is 0 Å². The summed E-state index contributed by atoms with van der Waals surface area (Å²) >= 11 is 0. The molecule has 0 radical (unpaired) electrons. The number of nitrogens with zero attached hydrogens (tertiary/aromatic N) is 3. The normalized spacial score (nSPS) is 10.8. The van der Waals surface area contributed by atoms with Crippen molar-refractivity contribution < 1.29 is 18.7 Å². The fourth-order valence-electron chi connectivity index (χ4n) is 3.28. The van der Waals surface area contributed by atoms with Gasteiger partial charge in [0.25, 0.3) is 5.91 Å². The molecular weight excluding hydrogens is 394 g/mol. The van der Waals surface area contributed by atoms with Crippen LogP contribution in [0.2, 0.25) is 0 Å². The summed E-state index contributed by atoms with van der Waals surface area (Å²) in [4.78, 5) is 14.9. The zero-order chi connectivity index (χ0) is 22.1. The van der Waals surface area contributed by atoms with Gasteiger partial charge >= 0.3 is 0 Å². The van der Waals surface area contributed by atoms with Gasteiger partial charge in [-0.05, 0) is 55.7 Å². The first kappa shape index (κ1) is 22.5. The fraction of sp³-hybridized carbons (Fsp3) is 0.417. The van der Waals surface area contributed by atoms with Crippen molar-refractivity contribution >= 4 is 5.91 Å². The molecular formula is C24H31N3O4. The van der Waals surface area contributed by atoms with E-state index in [2.05, 4.69) is 18.9 Å². The number of ether oxygens (including phenoxy) is 2. The van der Waals surface area contributed by atoms with Gasteiger partial charge in [-0.15, -0.1) is 0 Å². The number of aromatic nitrogens is 2. The summed E-state index contributed by atoms with van der Waals surface area (Å²) in [6.45, 7) is 8.85. The van der Waals surface area contributed by atoms with Gasteiger partial charge in [0.2, 0.25) is 0 Å². The molecule has 2 aromatic heterocycles. The van der Waals surface area contributed by atoms with Crippen LogP contribution in [0.3, 0.4) is 0 Å². The van der Waals surface area contributed by atoms with E-state index in [1.54, 1.807) is 21.8 Å². The predicted octanol–water partition coefficient (Wildman–Crippen LogP) is 4.76. The molecule has 0 unspecified atom stereocenters. The van der Waals surface area contributed by atoms with Crippen molar-refractivity contribution in [1.82, 2.24) is 14.7 Å². The molecule has 31 heavy (non-hydrogen) atoms. The van der Waals surface area contributed by atoms with Crippen molar-refractivity contribution in [3.8, 4) is 11.5 Å². The van der Waals surface area contributed by atoms with Crippen molar-refractivity contribution in [3.05, 3.63) is 65.9 Å². The first-order chi connectivity index (χ1) is 15.1. The zero-order valence-corrected chi connectivity index (χ0v) is 18.5. The number of hydrogen-bond donors (Lipinski definition) is 0. The molecule has 0 aliphatic heterocycles. The van der Waals surface area contributed by atoms with Crippen LogP contribution >= 0.6 is 0 Å². The summed E-state index contributed by atoms with van der Waals surface area (Å²) in [5.74, 6) is 2.34. The highest BCUT2D eigenvalue weighted by atomic mass is 16.5. The van der Waals surface area contributed by atoms with Gasteiger partial charge in [-0.3, -0.25) is 9.48 Å². The Morgan fingerprint density at radius 2 is 1.97 bits per heavy atom. The van der Waals surface area contributed by atoms with E-state index in [4.69, 9.17) is 13.9 Å². The highest BCUT2D eigenvalue weighted by Crippen LogP contribution is 2.29. The van der Waals surface area contributed by atoms with Crippen LogP contribution in [-0.2, 0) is 13.1 Å². The van der Waals surface area contributed by atoms with Crippen LogP contribution in [0.1, 0.15) is 55.5 Å². The van der Waals surface area contributed by atoms with Crippen LogP contribution in [0.15, 0.2) is 53.2 Å². The molecule has 2 heterocycles. The molecule has 7 heteroatoms. The second-order valence-electron chi connectivity index (χ2n) is 7.26. The Kier molecular flexibility index (Phi) is 8.15. The SMILES string of the molecule is CCCOc1ccc(CN(CCC)C(=O)c2ccc(Cn3cccn3)o2)cc1OCC. The second kappa shape index (κ2) is 11.2. The number of furan rings is 1. The van der Waals surface area contributed by atoms with Crippen molar-refractivity contribution in [2.75, 3.05) is 19.8 Å². The maximum absolute atomic E-state index is 13.1. The van der Waals surface area contributed by atoms with Crippen LogP contribution in [0.5, 0.6) is 11.5 Å². The van der Waals surface area contributed by atoms with Crippen molar-refractivity contribution in [2.45, 2.75) is 46.7 Å². The van der Waals surface area contributed by atoms with E-state index >= 15 is 0 Å². The van der Waals surface area contributed by atoms with Crippen LogP contribution < -0.4 is 9.47 Å². The molecule has 166 valence electrons. The van der Waals surface area contributed by atoms with E-state index in [1.807, 2.05) is 43.5 Å². The topological polar surface area (TPSA) is 69.7 Å². The third-order valence-electron chi connectivity index (χ3n) is 4.67. The lowest BCUT2D eigenvalue weighted by atomic mass is 10.1. The van der Waals surface area contributed by atoms with Crippen LogP contribution in [0, 0.1) is 0 Å². The van der Waals surface area contributed by atoms with Crippen LogP contribution in [0.25, 0.3) is 0 Å². The molecule has 0 N–H and O–H groups in total. The van der Waals surface area contributed by atoms with Crippen molar-refractivity contribution in [1.29, 1.82) is 0 Å². The molecule has 0 bridgehead atoms. The Morgan fingerprint density at radius 1 is 1.10 bits per heavy atom. The molecule has 1 aromatic carbocycles. The Morgan fingerprint density at radius 3 is 2.68 bits per heavy atom. The minimum atomic E-state index is -0.127. The summed E-state index contributed by atoms with van der Waals surface area (Å²) < 4.78 is 19.1. The van der Waals surface area contributed by atoms with Gasteiger partial charge in [-0.2, -0.15) is 5.10 Å². The molecule has 7 nitrogen and oxygen atoms in total. The van der Waals surface area contributed by atoms with Gasteiger partial charge in [0.05, 0.1) is 19.8 Å². The molecule has 0 spiro atoms. The van der Waals surface area contributed by atoms with E-state index in [0.29, 0.717) is 50.1 Å². The van der Waals surface area contributed by atoms with Gasteiger partial charge in [0, 0.05) is 25.5 Å². The van der Waals surface area contributed by atoms with Gasteiger partial charge in [0.1, 0.15) is 5.76 Å². The Bertz CT molecular complexity index is 950. The van der Waals surface area contributed by atoms with E-state index < -0.39 is 0 Å². The summed E-state index contributed by atoms with van der Waals surface area (Å²) in [6, 6.07) is 11.3. The van der Waals surface area contributed by atoms with E-state index in [0.717, 1.165) is 24.2 Å². The number of carbonyl (C=O) groups excluding carboxylic acids is 1. The number of amides is 1. The fourth-order valence-corrected chi connectivity index (χ4v) is 3.28. The molecule has 3 aromatic rings. The molecule has 0 aliphatic carbocycles. The summed E-state index contributed by atoms with van der Waals surface area (Å²) in [5.41, 5.74) is 0.984. The second-order valence-corrected chi connectivity index (χ2v) is 7.26. The number of carbonyl (C=O) groups is 1. The zero-order valence-electron chi connectivity index (χ0n) is 18.5. The molecule has 1 amide bonds. The predicted molar refractivity (Wildman–Crippen MR) is 118 cm³/mol. The minimum absolute atomic E-state index is 0.127. The summed E-state index contributed by atoms with van der Waals surface area (Å²) in [7, 11) is 0. The summed E-state index contributed by atoms with van der Waals surface area (Å²) in [5, 5.41) is 4.17. The monoisotopic (exact) mass is 425 g/mol. The lowest BCUT2D eigenvalue weighted by Gasteiger charge is -2.22. The molecule has 3 rings (SSSR count). The highest BCUT2D eigenvalue weighted by Gasteiger charge is 2.20. The van der Waals surface area contributed by atoms with Gasteiger partial charge in [0.15, 0.2) is 17.3 Å². The lowest BCUT2D eigenvalue weighted by molar-refractivity contribution is 0.0708. The number of hydrogen-bond acceptors (Lipinski definition) is 5. The van der Waals surface area contributed by atoms with Gasteiger partial charge in [-0.1, -0.05) is 19.9 Å². The Labute approximate surface area is 183 Å². The largest absolute Gasteiger partial charge is 0.490 e. The van der Waals surface area contributed by atoms with E-state index in [9.17, 15) is 4.79 Å². The average Bonchev–Trinajstić information content (AvgIpc) is 3.45. The molecule has 0 saturated carbocycles. The van der Waals surface area contributed by atoms with Crippen LogP contribution in [0.4, 0.5) is 0 Å². The average molecular weight is 426 g/mol. The van der Waals surface area contributed by atoms with Gasteiger partial charge < -0.3 is 18.8 Å². The number of benzene rings is 1. The summed E-state index contributed by atoms with van der Waals surface area (Å²) in [6.07, 6.45) is 5.35. The lowest BCUT2D eigenvalue weighted by Crippen LogP contribution is -2.31. The molecule has 0 saturated heterocycles. The standard InChI is InChI=1S/C24H31N3O4/c1-4-13-26(17-19-8-10-21(30-15-5-2)23(16-19)29-6-3)24(28)22-11-9-20(31-22)18-27-14-7-12-25-27/h7-12,14,16H,4-6,13,15,17-18H2,1-3H3. The third kappa shape index (κ3) is 6.13. The maximum Gasteiger partial charge on any atom is 0.289 e.